The Morgan fingerprint density at radius 1 is 1.36 bits per heavy atom. The molecular weight excluding hydrogens is 428 g/mol. The molecule has 4 rings (SSSR count). The lowest BCUT2D eigenvalue weighted by Crippen LogP contribution is -2.39. The number of carbonyl (C=O) groups excluding carboxylic acids is 1. The molecule has 0 aromatic carbocycles. The van der Waals surface area contributed by atoms with E-state index >= 15 is 4.39 Å². The molecule has 172 valence electrons. The monoisotopic (exact) mass is 453 g/mol. The summed E-state index contributed by atoms with van der Waals surface area (Å²) in [7, 11) is 0. The van der Waals surface area contributed by atoms with Gasteiger partial charge in [0.05, 0.1) is 30.5 Å². The second kappa shape index (κ2) is 9.14. The van der Waals surface area contributed by atoms with Crippen LogP contribution in [-0.2, 0) is 9.53 Å². The zero-order valence-electron chi connectivity index (χ0n) is 18.5. The van der Waals surface area contributed by atoms with Gasteiger partial charge in [-0.2, -0.15) is 5.26 Å². The number of hydrogen-bond acceptors (Lipinski definition) is 6. The lowest BCUT2D eigenvalue weighted by atomic mass is 9.79. The van der Waals surface area contributed by atoms with Crippen molar-refractivity contribution < 1.29 is 18.3 Å². The number of esters is 1. The zero-order valence-corrected chi connectivity index (χ0v) is 18.5. The van der Waals surface area contributed by atoms with Gasteiger partial charge in [0, 0.05) is 23.2 Å². The van der Waals surface area contributed by atoms with Gasteiger partial charge in [-0.05, 0) is 37.3 Å². The Kier molecular flexibility index (Phi) is 6.27. The van der Waals surface area contributed by atoms with Crippen molar-refractivity contribution in [3.8, 4) is 17.3 Å². The van der Waals surface area contributed by atoms with E-state index in [4.69, 9.17) is 4.74 Å². The first kappa shape index (κ1) is 22.6. The van der Waals surface area contributed by atoms with Crippen LogP contribution in [0.2, 0.25) is 0 Å². The van der Waals surface area contributed by atoms with E-state index in [2.05, 4.69) is 27.2 Å². The molecule has 1 aliphatic rings. The molecule has 1 aliphatic carbocycles. The molecule has 1 saturated carbocycles. The van der Waals surface area contributed by atoms with E-state index in [0.29, 0.717) is 16.6 Å². The van der Waals surface area contributed by atoms with Gasteiger partial charge in [-0.1, -0.05) is 19.8 Å². The summed E-state index contributed by atoms with van der Waals surface area (Å²) in [6, 6.07) is 3.96. The predicted molar refractivity (Wildman–Crippen MR) is 119 cm³/mol. The first-order chi connectivity index (χ1) is 15.8. The Balaban J connectivity index is 1.76. The molecule has 3 aromatic heterocycles. The first-order valence-corrected chi connectivity index (χ1v) is 11.0. The molecular formula is C24H25F2N5O2. The summed E-state index contributed by atoms with van der Waals surface area (Å²) in [5.74, 6) is -1.67. The molecule has 3 aromatic rings. The first-order valence-electron chi connectivity index (χ1n) is 11.0. The van der Waals surface area contributed by atoms with Crippen molar-refractivity contribution in [2.24, 2.45) is 5.41 Å². The Bertz CT molecular complexity index is 1230. The summed E-state index contributed by atoms with van der Waals surface area (Å²) < 4.78 is 34.0. The quantitative estimate of drug-likeness (QED) is 0.483. The molecule has 1 atom stereocenters. The Labute approximate surface area is 190 Å². The van der Waals surface area contributed by atoms with Gasteiger partial charge < -0.3 is 15.0 Å². The van der Waals surface area contributed by atoms with E-state index in [1.54, 1.807) is 13.1 Å². The normalized spacial score (nSPS) is 15.8. The molecule has 0 spiro atoms. The molecule has 2 N–H and O–H groups in total. The van der Waals surface area contributed by atoms with Crippen molar-refractivity contribution >= 4 is 22.8 Å². The second-order valence-corrected chi connectivity index (χ2v) is 8.65. The SMILES string of the molecule is CCOC(=O)C[C@@H](Nc1nc(-c2c[nH]c3ncc(F)cc23)c(C#N)cc1F)C1(C)CCCC1. The van der Waals surface area contributed by atoms with Crippen LogP contribution in [0.1, 0.15) is 51.5 Å². The standard InChI is InChI=1S/C24H25F2N5O2/c1-3-33-20(32)10-19(24(2)6-4-5-7-24)30-23-18(26)8-14(11-27)21(31-23)17-13-29-22-16(17)9-15(25)12-28-22/h8-9,12-13,19H,3-7,10H2,1-2H3,(H,28,29)(H,30,31)/t19-/m1/s1. The second-order valence-electron chi connectivity index (χ2n) is 8.65. The fourth-order valence-corrected chi connectivity index (χ4v) is 4.61. The van der Waals surface area contributed by atoms with Gasteiger partial charge in [-0.25, -0.2) is 18.7 Å². The lowest BCUT2D eigenvalue weighted by Gasteiger charge is -2.34. The third kappa shape index (κ3) is 4.51. The Hall–Kier alpha value is -3.54. The Morgan fingerprint density at radius 3 is 2.82 bits per heavy atom. The smallest absolute Gasteiger partial charge is 0.307 e. The summed E-state index contributed by atoms with van der Waals surface area (Å²) in [5, 5.41) is 13.2. The van der Waals surface area contributed by atoms with Gasteiger partial charge in [0.2, 0.25) is 0 Å². The number of pyridine rings is 2. The third-order valence-corrected chi connectivity index (χ3v) is 6.42. The van der Waals surface area contributed by atoms with E-state index in [0.717, 1.165) is 37.9 Å². The number of H-pyrrole nitrogens is 1. The van der Waals surface area contributed by atoms with E-state index in [1.165, 1.54) is 6.07 Å². The third-order valence-electron chi connectivity index (χ3n) is 6.42. The van der Waals surface area contributed by atoms with Crippen molar-refractivity contribution in [1.82, 2.24) is 15.0 Å². The largest absolute Gasteiger partial charge is 0.466 e. The summed E-state index contributed by atoms with van der Waals surface area (Å²) >= 11 is 0. The van der Waals surface area contributed by atoms with Crippen LogP contribution in [0.3, 0.4) is 0 Å². The van der Waals surface area contributed by atoms with Crippen LogP contribution in [0.5, 0.6) is 0 Å². The summed E-state index contributed by atoms with van der Waals surface area (Å²) in [4.78, 5) is 23.7. The highest BCUT2D eigenvalue weighted by Gasteiger charge is 2.39. The number of nitriles is 1. The predicted octanol–water partition coefficient (Wildman–Crippen LogP) is 5.09. The van der Waals surface area contributed by atoms with Crippen LogP contribution in [0.25, 0.3) is 22.3 Å². The van der Waals surface area contributed by atoms with Crippen molar-refractivity contribution in [3.63, 3.8) is 0 Å². The Morgan fingerprint density at radius 2 is 2.12 bits per heavy atom. The fraction of sp³-hybridized carbons (Fsp3) is 0.417. The number of halogens is 2. The van der Waals surface area contributed by atoms with Crippen LogP contribution in [0.4, 0.5) is 14.6 Å². The number of aromatic amines is 1. The van der Waals surface area contributed by atoms with Gasteiger partial charge in [0.15, 0.2) is 11.6 Å². The average molecular weight is 453 g/mol. The number of anilines is 1. The molecule has 9 heteroatoms. The van der Waals surface area contributed by atoms with Gasteiger partial charge in [-0.3, -0.25) is 4.79 Å². The maximum Gasteiger partial charge on any atom is 0.307 e. The molecule has 0 amide bonds. The minimum atomic E-state index is -0.699. The number of carbonyl (C=O) groups is 1. The maximum atomic E-state index is 15.0. The van der Waals surface area contributed by atoms with E-state index < -0.39 is 17.7 Å². The van der Waals surface area contributed by atoms with Gasteiger partial charge >= 0.3 is 5.97 Å². The van der Waals surface area contributed by atoms with Crippen LogP contribution in [-0.4, -0.2) is 33.6 Å². The van der Waals surface area contributed by atoms with Crippen molar-refractivity contribution in [1.29, 1.82) is 5.26 Å². The summed E-state index contributed by atoms with van der Waals surface area (Å²) in [6.45, 7) is 4.08. The average Bonchev–Trinajstić information content (AvgIpc) is 3.41. The molecule has 3 heterocycles. The molecule has 0 radical (unpaired) electrons. The molecule has 0 aliphatic heterocycles. The van der Waals surface area contributed by atoms with Crippen LogP contribution in [0, 0.1) is 28.4 Å². The van der Waals surface area contributed by atoms with E-state index in [1.807, 2.05) is 6.07 Å². The minimum Gasteiger partial charge on any atom is -0.466 e. The molecule has 0 saturated heterocycles. The number of nitrogens with one attached hydrogen (secondary N) is 2. The van der Waals surface area contributed by atoms with Crippen LogP contribution in [0.15, 0.2) is 24.5 Å². The lowest BCUT2D eigenvalue weighted by molar-refractivity contribution is -0.144. The fourth-order valence-electron chi connectivity index (χ4n) is 4.61. The van der Waals surface area contributed by atoms with E-state index in [-0.39, 0.29) is 41.5 Å². The minimum absolute atomic E-state index is 0.0113. The van der Waals surface area contributed by atoms with E-state index in [9.17, 15) is 14.4 Å². The van der Waals surface area contributed by atoms with Crippen LogP contribution < -0.4 is 5.32 Å². The number of hydrogen-bond donors (Lipinski definition) is 2. The zero-order chi connectivity index (χ0) is 23.6. The van der Waals surface area contributed by atoms with Crippen molar-refractivity contribution in [2.75, 3.05) is 11.9 Å². The van der Waals surface area contributed by atoms with Gasteiger partial charge in [-0.15, -0.1) is 0 Å². The highest BCUT2D eigenvalue weighted by Crippen LogP contribution is 2.43. The van der Waals surface area contributed by atoms with Crippen molar-refractivity contribution in [2.45, 2.75) is 52.0 Å². The van der Waals surface area contributed by atoms with Gasteiger partial charge in [0.1, 0.15) is 17.5 Å². The molecule has 0 unspecified atom stereocenters. The topological polar surface area (TPSA) is 104 Å². The summed E-state index contributed by atoms with van der Waals surface area (Å²) in [6.07, 6.45) is 6.56. The number of nitrogens with zero attached hydrogens (tertiary/aromatic N) is 3. The van der Waals surface area contributed by atoms with Crippen molar-refractivity contribution in [3.05, 3.63) is 41.7 Å². The summed E-state index contributed by atoms with van der Waals surface area (Å²) in [5.41, 5.74) is 0.840. The maximum absolute atomic E-state index is 15.0. The molecule has 7 nitrogen and oxygen atoms in total. The van der Waals surface area contributed by atoms with Gasteiger partial charge in [0.25, 0.3) is 0 Å². The number of ether oxygens (including phenoxy) is 1. The molecule has 0 bridgehead atoms. The number of aromatic nitrogens is 3. The number of fused-ring (bicyclic) bond motifs is 1. The molecule has 1 fully saturated rings. The highest BCUT2D eigenvalue weighted by molar-refractivity contribution is 5.94. The molecule has 33 heavy (non-hydrogen) atoms. The number of rotatable bonds is 7. The van der Waals surface area contributed by atoms with Crippen LogP contribution >= 0.6 is 0 Å². The highest BCUT2D eigenvalue weighted by atomic mass is 19.1.